The summed E-state index contributed by atoms with van der Waals surface area (Å²) >= 11 is 0. The number of nitrogens with two attached hydrogens (primary N) is 1. The fraction of sp³-hybridized carbons (Fsp3) is 0.188. The van der Waals surface area contributed by atoms with E-state index in [4.69, 9.17) is 10.5 Å². The molecule has 4 heteroatoms. The van der Waals surface area contributed by atoms with E-state index in [2.05, 4.69) is 5.32 Å². The van der Waals surface area contributed by atoms with Crippen LogP contribution in [0.25, 0.3) is 0 Å². The molecule has 1 aliphatic heterocycles. The van der Waals surface area contributed by atoms with Crippen LogP contribution in [0.2, 0.25) is 0 Å². The number of carbonyl (C=O) groups is 1. The third-order valence-electron chi connectivity index (χ3n) is 3.54. The summed E-state index contributed by atoms with van der Waals surface area (Å²) in [6.07, 6.45) is 0. The Morgan fingerprint density at radius 2 is 2.10 bits per heavy atom. The van der Waals surface area contributed by atoms with Gasteiger partial charge in [-0.2, -0.15) is 0 Å². The second-order valence-corrected chi connectivity index (χ2v) is 4.97. The summed E-state index contributed by atoms with van der Waals surface area (Å²) in [4.78, 5) is 12.4. The molecule has 0 radical (unpaired) electrons. The molecule has 1 unspecified atom stereocenters. The normalized spacial score (nSPS) is 16.4. The highest BCUT2D eigenvalue weighted by Crippen LogP contribution is 2.34. The average molecular weight is 268 g/mol. The van der Waals surface area contributed by atoms with Crippen LogP contribution < -0.4 is 15.8 Å². The van der Waals surface area contributed by atoms with E-state index < -0.39 is 0 Å². The van der Waals surface area contributed by atoms with Crippen LogP contribution in [-0.4, -0.2) is 12.5 Å². The van der Waals surface area contributed by atoms with Gasteiger partial charge in [0.2, 0.25) is 5.91 Å². The second-order valence-electron chi connectivity index (χ2n) is 4.97. The van der Waals surface area contributed by atoms with Gasteiger partial charge in [-0.15, -0.1) is 0 Å². The molecule has 0 aliphatic carbocycles. The molecule has 1 atom stereocenters. The highest BCUT2D eigenvalue weighted by atomic mass is 16.5. The van der Waals surface area contributed by atoms with Gasteiger partial charge in [0, 0.05) is 16.9 Å². The van der Waals surface area contributed by atoms with Gasteiger partial charge in [-0.25, -0.2) is 0 Å². The monoisotopic (exact) mass is 268 g/mol. The number of benzene rings is 2. The van der Waals surface area contributed by atoms with Gasteiger partial charge in [0.25, 0.3) is 0 Å². The number of ether oxygens (including phenoxy) is 1. The Hall–Kier alpha value is -2.49. The quantitative estimate of drug-likeness (QED) is 0.823. The van der Waals surface area contributed by atoms with Crippen molar-refractivity contribution in [1.29, 1.82) is 0 Å². The van der Waals surface area contributed by atoms with Crippen LogP contribution in [0.3, 0.4) is 0 Å². The van der Waals surface area contributed by atoms with E-state index in [0.717, 1.165) is 22.6 Å². The number of fused-ring (bicyclic) bond motifs is 1. The zero-order valence-corrected chi connectivity index (χ0v) is 11.2. The molecule has 1 aliphatic rings. The molecule has 20 heavy (non-hydrogen) atoms. The van der Waals surface area contributed by atoms with Crippen molar-refractivity contribution in [3.05, 3.63) is 53.6 Å². The molecule has 0 fully saturated rings. The molecule has 0 saturated carbocycles. The second kappa shape index (κ2) is 4.89. The Kier molecular flexibility index (Phi) is 3.06. The zero-order valence-electron chi connectivity index (χ0n) is 11.2. The number of amides is 1. The molecule has 102 valence electrons. The molecule has 2 aromatic rings. The van der Waals surface area contributed by atoms with Gasteiger partial charge in [-0.3, -0.25) is 4.79 Å². The van der Waals surface area contributed by atoms with Gasteiger partial charge in [-0.1, -0.05) is 24.3 Å². The first kappa shape index (κ1) is 12.5. The summed E-state index contributed by atoms with van der Waals surface area (Å²) in [5.41, 5.74) is 9.06. The van der Waals surface area contributed by atoms with Crippen molar-refractivity contribution >= 4 is 17.3 Å². The smallest absolute Gasteiger partial charge is 0.235 e. The first-order valence-electron chi connectivity index (χ1n) is 6.54. The average Bonchev–Trinajstić information content (AvgIpc) is 2.87. The summed E-state index contributed by atoms with van der Waals surface area (Å²) in [5.74, 6) is 0.452. The third kappa shape index (κ3) is 2.20. The standard InChI is InChI=1S/C16H16N2O2/c1-10-6-7-11(17)8-14(10)18-16(19)13-9-20-15-5-3-2-4-12(13)15/h2-8,13H,9,17H2,1H3,(H,18,19). The van der Waals surface area contributed by atoms with Gasteiger partial charge in [0.1, 0.15) is 18.3 Å². The minimum atomic E-state index is -0.271. The van der Waals surface area contributed by atoms with Crippen LogP contribution in [0, 0.1) is 6.92 Å². The van der Waals surface area contributed by atoms with E-state index in [0.29, 0.717) is 12.3 Å². The Morgan fingerprint density at radius 3 is 2.95 bits per heavy atom. The predicted octanol–water partition coefficient (Wildman–Crippen LogP) is 2.69. The maximum atomic E-state index is 12.4. The number of carbonyl (C=O) groups excluding carboxylic acids is 1. The van der Waals surface area contributed by atoms with Crippen LogP contribution in [-0.2, 0) is 4.79 Å². The number of para-hydroxylation sites is 1. The van der Waals surface area contributed by atoms with Crippen LogP contribution in [0.4, 0.5) is 11.4 Å². The first-order valence-corrected chi connectivity index (χ1v) is 6.54. The molecule has 0 spiro atoms. The molecule has 4 nitrogen and oxygen atoms in total. The minimum absolute atomic E-state index is 0.0661. The molecule has 1 heterocycles. The van der Waals surface area contributed by atoms with E-state index in [1.807, 2.05) is 43.3 Å². The van der Waals surface area contributed by atoms with Gasteiger partial charge in [0.15, 0.2) is 0 Å². The fourth-order valence-electron chi connectivity index (χ4n) is 2.37. The van der Waals surface area contributed by atoms with Gasteiger partial charge < -0.3 is 15.8 Å². The molecule has 0 aromatic heterocycles. The van der Waals surface area contributed by atoms with Crippen LogP contribution in [0.15, 0.2) is 42.5 Å². The van der Waals surface area contributed by atoms with E-state index >= 15 is 0 Å². The maximum Gasteiger partial charge on any atom is 0.235 e. The molecular weight excluding hydrogens is 252 g/mol. The van der Waals surface area contributed by atoms with E-state index in [-0.39, 0.29) is 11.8 Å². The van der Waals surface area contributed by atoms with Crippen molar-refractivity contribution in [1.82, 2.24) is 0 Å². The fourth-order valence-corrected chi connectivity index (χ4v) is 2.37. The number of nitrogen functional groups attached to an aromatic ring is 1. The summed E-state index contributed by atoms with van der Waals surface area (Å²) in [5, 5.41) is 2.93. The number of anilines is 2. The molecular formula is C16H16N2O2. The van der Waals surface area contributed by atoms with Crippen LogP contribution in [0.1, 0.15) is 17.0 Å². The Labute approximate surface area is 117 Å². The predicted molar refractivity (Wildman–Crippen MR) is 78.9 cm³/mol. The Bertz CT molecular complexity index is 667. The van der Waals surface area contributed by atoms with Crippen molar-refractivity contribution in [2.24, 2.45) is 0 Å². The summed E-state index contributed by atoms with van der Waals surface area (Å²) < 4.78 is 5.54. The molecule has 2 aromatic carbocycles. The van der Waals surface area contributed by atoms with E-state index in [9.17, 15) is 4.79 Å². The number of nitrogens with one attached hydrogen (secondary N) is 1. The molecule has 1 amide bonds. The van der Waals surface area contributed by atoms with Crippen molar-refractivity contribution < 1.29 is 9.53 Å². The zero-order chi connectivity index (χ0) is 14.1. The van der Waals surface area contributed by atoms with E-state index in [1.165, 1.54) is 0 Å². The van der Waals surface area contributed by atoms with Gasteiger partial charge in [0.05, 0.1) is 0 Å². The van der Waals surface area contributed by atoms with Gasteiger partial charge >= 0.3 is 0 Å². The number of aryl methyl sites for hydroxylation is 1. The highest BCUT2D eigenvalue weighted by Gasteiger charge is 2.30. The van der Waals surface area contributed by atoms with Crippen LogP contribution in [0.5, 0.6) is 5.75 Å². The van der Waals surface area contributed by atoms with Crippen molar-refractivity contribution in [2.75, 3.05) is 17.7 Å². The summed E-state index contributed by atoms with van der Waals surface area (Å²) in [7, 11) is 0. The third-order valence-corrected chi connectivity index (χ3v) is 3.54. The first-order chi connectivity index (χ1) is 9.65. The van der Waals surface area contributed by atoms with Crippen molar-refractivity contribution in [3.8, 4) is 5.75 Å². The lowest BCUT2D eigenvalue weighted by Gasteiger charge is -2.12. The topological polar surface area (TPSA) is 64.3 Å². The number of hydrogen-bond acceptors (Lipinski definition) is 3. The SMILES string of the molecule is Cc1ccc(N)cc1NC(=O)C1COc2ccccc21. The lowest BCUT2D eigenvalue weighted by molar-refractivity contribution is -0.117. The molecule has 0 bridgehead atoms. The van der Waals surface area contributed by atoms with Crippen molar-refractivity contribution in [3.63, 3.8) is 0 Å². The minimum Gasteiger partial charge on any atom is -0.492 e. The number of rotatable bonds is 2. The van der Waals surface area contributed by atoms with Gasteiger partial charge in [-0.05, 0) is 30.7 Å². The van der Waals surface area contributed by atoms with Crippen molar-refractivity contribution in [2.45, 2.75) is 12.8 Å². The van der Waals surface area contributed by atoms with E-state index in [1.54, 1.807) is 6.07 Å². The lowest BCUT2D eigenvalue weighted by Crippen LogP contribution is -2.22. The Balaban J connectivity index is 1.83. The highest BCUT2D eigenvalue weighted by molar-refractivity contribution is 5.97. The molecule has 3 N–H and O–H groups in total. The molecule has 3 rings (SSSR count). The summed E-state index contributed by atoms with van der Waals surface area (Å²) in [6, 6.07) is 13.1. The molecule has 0 saturated heterocycles. The summed E-state index contributed by atoms with van der Waals surface area (Å²) in [6.45, 7) is 2.32. The maximum absolute atomic E-state index is 12.4. The van der Waals surface area contributed by atoms with Crippen LogP contribution >= 0.6 is 0 Å². The largest absolute Gasteiger partial charge is 0.492 e. The number of hydrogen-bond donors (Lipinski definition) is 2. The lowest BCUT2D eigenvalue weighted by atomic mass is 10.0. The Morgan fingerprint density at radius 1 is 1.30 bits per heavy atom.